The van der Waals surface area contributed by atoms with Crippen molar-refractivity contribution in [2.45, 2.75) is 13.5 Å². The van der Waals surface area contributed by atoms with Crippen molar-refractivity contribution in [3.05, 3.63) is 24.0 Å². The lowest BCUT2D eigenvalue weighted by molar-refractivity contribution is 0.397. The van der Waals surface area contributed by atoms with Gasteiger partial charge in [0.25, 0.3) is 0 Å². The average molecular weight is 235 g/mol. The second-order valence-corrected chi connectivity index (χ2v) is 3.74. The summed E-state index contributed by atoms with van der Waals surface area (Å²) in [7, 11) is 3.28. The van der Waals surface area contributed by atoms with Gasteiger partial charge in [0.1, 0.15) is 17.1 Å². The molecular formula is C13H17NO3. The van der Waals surface area contributed by atoms with Gasteiger partial charge in [-0.05, 0) is 6.54 Å². The van der Waals surface area contributed by atoms with Crippen molar-refractivity contribution in [1.29, 1.82) is 0 Å². The summed E-state index contributed by atoms with van der Waals surface area (Å²) in [5.74, 6) is 1.51. The van der Waals surface area contributed by atoms with Gasteiger partial charge in [0.2, 0.25) is 0 Å². The van der Waals surface area contributed by atoms with Gasteiger partial charge >= 0.3 is 0 Å². The summed E-state index contributed by atoms with van der Waals surface area (Å²) in [6.07, 6.45) is 1.76. The third kappa shape index (κ3) is 2.22. The molecule has 4 nitrogen and oxygen atoms in total. The summed E-state index contributed by atoms with van der Waals surface area (Å²) in [6, 6.07) is 3.74. The lowest BCUT2D eigenvalue weighted by atomic mass is 10.1. The van der Waals surface area contributed by atoms with E-state index in [4.69, 9.17) is 13.9 Å². The molecule has 2 rings (SSSR count). The van der Waals surface area contributed by atoms with Crippen molar-refractivity contribution in [3.8, 4) is 11.5 Å². The third-order valence-electron chi connectivity index (χ3n) is 2.71. The number of ether oxygens (including phenoxy) is 2. The number of benzene rings is 1. The Morgan fingerprint density at radius 1 is 1.24 bits per heavy atom. The van der Waals surface area contributed by atoms with E-state index in [2.05, 4.69) is 12.2 Å². The SMILES string of the molecule is CCNCc1coc2cc(OC)cc(OC)c12. The van der Waals surface area contributed by atoms with Crippen molar-refractivity contribution < 1.29 is 13.9 Å². The third-order valence-corrected chi connectivity index (χ3v) is 2.71. The van der Waals surface area contributed by atoms with Crippen LogP contribution in [0.2, 0.25) is 0 Å². The molecule has 1 aromatic heterocycles. The van der Waals surface area contributed by atoms with Crippen LogP contribution in [0, 0.1) is 0 Å². The number of methoxy groups -OCH3 is 2. The number of rotatable bonds is 5. The minimum atomic E-state index is 0.735. The Balaban J connectivity index is 2.50. The topological polar surface area (TPSA) is 43.6 Å². The molecule has 0 spiro atoms. The van der Waals surface area contributed by atoms with Gasteiger partial charge in [-0.3, -0.25) is 0 Å². The maximum absolute atomic E-state index is 5.53. The largest absolute Gasteiger partial charge is 0.496 e. The standard InChI is InChI=1S/C13H17NO3/c1-4-14-7-9-8-17-12-6-10(15-2)5-11(16-3)13(9)12/h5-6,8,14H,4,7H2,1-3H3. The molecule has 0 fully saturated rings. The monoisotopic (exact) mass is 235 g/mol. The van der Waals surface area contributed by atoms with E-state index in [0.29, 0.717) is 0 Å². The fourth-order valence-electron chi connectivity index (χ4n) is 1.84. The lowest BCUT2D eigenvalue weighted by Crippen LogP contribution is -2.11. The van der Waals surface area contributed by atoms with E-state index < -0.39 is 0 Å². The van der Waals surface area contributed by atoms with Crippen LogP contribution in [0.15, 0.2) is 22.8 Å². The lowest BCUT2D eigenvalue weighted by Gasteiger charge is -2.07. The molecule has 4 heteroatoms. The molecule has 1 N–H and O–H groups in total. The highest BCUT2D eigenvalue weighted by molar-refractivity contribution is 5.89. The van der Waals surface area contributed by atoms with Gasteiger partial charge in [-0.1, -0.05) is 6.92 Å². The molecule has 1 aromatic carbocycles. The van der Waals surface area contributed by atoms with Gasteiger partial charge in [0, 0.05) is 24.2 Å². The van der Waals surface area contributed by atoms with E-state index in [-0.39, 0.29) is 0 Å². The molecular weight excluding hydrogens is 218 g/mol. The first-order chi connectivity index (χ1) is 8.30. The Morgan fingerprint density at radius 2 is 2.06 bits per heavy atom. The zero-order valence-corrected chi connectivity index (χ0v) is 10.4. The molecule has 17 heavy (non-hydrogen) atoms. The van der Waals surface area contributed by atoms with E-state index in [1.807, 2.05) is 12.1 Å². The molecule has 0 atom stereocenters. The molecule has 0 amide bonds. The van der Waals surface area contributed by atoms with Crippen molar-refractivity contribution in [2.24, 2.45) is 0 Å². The molecule has 0 aliphatic heterocycles. The Kier molecular flexibility index (Phi) is 3.54. The predicted octanol–water partition coefficient (Wildman–Crippen LogP) is 2.56. The maximum atomic E-state index is 5.53. The molecule has 1 heterocycles. The zero-order valence-electron chi connectivity index (χ0n) is 10.4. The molecule has 2 aromatic rings. The van der Waals surface area contributed by atoms with Gasteiger partial charge in [0.15, 0.2) is 0 Å². The highest BCUT2D eigenvalue weighted by atomic mass is 16.5. The minimum absolute atomic E-state index is 0.735. The van der Waals surface area contributed by atoms with Crippen LogP contribution in [0.3, 0.4) is 0 Å². The smallest absolute Gasteiger partial charge is 0.141 e. The van der Waals surface area contributed by atoms with Gasteiger partial charge in [-0.15, -0.1) is 0 Å². The molecule has 0 aliphatic carbocycles. The molecule has 92 valence electrons. The molecule has 0 saturated heterocycles. The van der Waals surface area contributed by atoms with Crippen LogP contribution in [0.4, 0.5) is 0 Å². The molecule has 0 aliphatic rings. The van der Waals surface area contributed by atoms with E-state index in [9.17, 15) is 0 Å². The fraction of sp³-hybridized carbons (Fsp3) is 0.385. The summed E-state index contributed by atoms with van der Waals surface area (Å²) in [5, 5.41) is 4.28. The maximum Gasteiger partial charge on any atom is 0.141 e. The second-order valence-electron chi connectivity index (χ2n) is 3.74. The molecule has 0 saturated carbocycles. The van der Waals surface area contributed by atoms with Gasteiger partial charge in [0.05, 0.1) is 25.9 Å². The Morgan fingerprint density at radius 3 is 2.71 bits per heavy atom. The van der Waals surface area contributed by atoms with Gasteiger partial charge < -0.3 is 19.2 Å². The second kappa shape index (κ2) is 5.10. The summed E-state index contributed by atoms with van der Waals surface area (Å²) < 4.78 is 16.1. The summed E-state index contributed by atoms with van der Waals surface area (Å²) in [5.41, 5.74) is 1.88. The van der Waals surface area contributed by atoms with Crippen LogP contribution < -0.4 is 14.8 Å². The number of furan rings is 1. The minimum Gasteiger partial charge on any atom is -0.496 e. The number of hydrogen-bond acceptors (Lipinski definition) is 4. The van der Waals surface area contributed by atoms with E-state index in [1.54, 1.807) is 20.5 Å². The molecule has 0 radical (unpaired) electrons. The van der Waals surface area contributed by atoms with Gasteiger partial charge in [-0.2, -0.15) is 0 Å². The first kappa shape index (κ1) is 11.8. The molecule has 0 unspecified atom stereocenters. The summed E-state index contributed by atoms with van der Waals surface area (Å²) in [6.45, 7) is 3.76. The van der Waals surface area contributed by atoms with Crippen molar-refractivity contribution in [2.75, 3.05) is 20.8 Å². The first-order valence-electron chi connectivity index (χ1n) is 5.63. The van der Waals surface area contributed by atoms with Crippen molar-refractivity contribution >= 4 is 11.0 Å². The van der Waals surface area contributed by atoms with E-state index in [0.717, 1.165) is 41.1 Å². The first-order valence-corrected chi connectivity index (χ1v) is 5.63. The zero-order chi connectivity index (χ0) is 12.3. The van der Waals surface area contributed by atoms with Crippen molar-refractivity contribution in [3.63, 3.8) is 0 Å². The highest BCUT2D eigenvalue weighted by Gasteiger charge is 2.13. The highest BCUT2D eigenvalue weighted by Crippen LogP contribution is 2.34. The van der Waals surface area contributed by atoms with Crippen LogP contribution in [0.5, 0.6) is 11.5 Å². The van der Waals surface area contributed by atoms with Crippen molar-refractivity contribution in [1.82, 2.24) is 5.32 Å². The number of hydrogen-bond donors (Lipinski definition) is 1. The molecule has 0 bridgehead atoms. The summed E-state index contributed by atoms with van der Waals surface area (Å²) >= 11 is 0. The normalized spacial score (nSPS) is 10.8. The summed E-state index contributed by atoms with van der Waals surface area (Å²) in [4.78, 5) is 0. The van der Waals surface area contributed by atoms with Crippen LogP contribution in [0.25, 0.3) is 11.0 Å². The van der Waals surface area contributed by atoms with E-state index >= 15 is 0 Å². The Hall–Kier alpha value is -1.68. The predicted molar refractivity (Wildman–Crippen MR) is 66.7 cm³/mol. The average Bonchev–Trinajstić information content (AvgIpc) is 2.78. The van der Waals surface area contributed by atoms with Crippen LogP contribution in [-0.2, 0) is 6.54 Å². The number of fused-ring (bicyclic) bond motifs is 1. The number of nitrogens with one attached hydrogen (secondary N) is 1. The van der Waals surface area contributed by atoms with Crippen LogP contribution >= 0.6 is 0 Å². The van der Waals surface area contributed by atoms with Gasteiger partial charge in [-0.25, -0.2) is 0 Å². The van der Waals surface area contributed by atoms with Crippen LogP contribution in [-0.4, -0.2) is 20.8 Å². The Bertz CT molecular complexity index is 505. The van der Waals surface area contributed by atoms with E-state index in [1.165, 1.54) is 0 Å². The Labute approximate surface area is 101 Å². The van der Waals surface area contributed by atoms with Crippen LogP contribution in [0.1, 0.15) is 12.5 Å². The fourth-order valence-corrected chi connectivity index (χ4v) is 1.84. The quantitative estimate of drug-likeness (QED) is 0.865.